The van der Waals surface area contributed by atoms with Gasteiger partial charge in [-0.05, 0) is 49.4 Å². The first-order valence-electron chi connectivity index (χ1n) is 8.63. The molecule has 3 rings (SSSR count). The number of hydrogen-bond acceptors (Lipinski definition) is 3. The first kappa shape index (κ1) is 16.2. The molecule has 3 heteroatoms. The van der Waals surface area contributed by atoms with Gasteiger partial charge in [0, 0.05) is 24.2 Å². The van der Waals surface area contributed by atoms with Gasteiger partial charge >= 0.3 is 0 Å². The zero-order valence-corrected chi connectivity index (χ0v) is 13.9. The maximum atomic E-state index is 11.1. The molecule has 1 saturated heterocycles. The SMILES string of the molecule is C=CC1CCCN([C@@H](CC)[C@H](O)c2ccnc3ccccc23)C1. The quantitative estimate of drug-likeness (QED) is 0.850. The van der Waals surface area contributed by atoms with Gasteiger partial charge in [-0.3, -0.25) is 9.88 Å². The Hall–Kier alpha value is -1.71. The molecule has 1 aliphatic heterocycles. The fourth-order valence-electron chi connectivity index (χ4n) is 3.80. The molecule has 0 amide bonds. The van der Waals surface area contributed by atoms with Crippen LogP contribution in [0.2, 0.25) is 0 Å². The van der Waals surface area contributed by atoms with Crippen LogP contribution in [0.15, 0.2) is 49.2 Å². The van der Waals surface area contributed by atoms with Crippen molar-refractivity contribution in [3.05, 3.63) is 54.7 Å². The number of aromatic nitrogens is 1. The first-order valence-corrected chi connectivity index (χ1v) is 8.63. The molecule has 122 valence electrons. The maximum Gasteiger partial charge on any atom is 0.0952 e. The number of aliphatic hydroxyl groups is 1. The standard InChI is InChI=1S/C20H26N2O/c1-3-15-8-7-13-22(14-15)19(4-2)20(23)17-11-12-21-18-10-6-5-9-16(17)18/h3,5-6,9-12,15,19-20,23H,1,4,7-8,13-14H2,2H3/t15?,19-,20+/m0/s1. The summed E-state index contributed by atoms with van der Waals surface area (Å²) in [6, 6.07) is 10.2. The lowest BCUT2D eigenvalue weighted by atomic mass is 9.91. The van der Waals surface area contributed by atoms with Crippen molar-refractivity contribution in [2.24, 2.45) is 5.92 Å². The summed E-state index contributed by atoms with van der Waals surface area (Å²) in [5.74, 6) is 0.541. The van der Waals surface area contributed by atoms with Gasteiger partial charge in [-0.25, -0.2) is 0 Å². The summed E-state index contributed by atoms with van der Waals surface area (Å²) in [6.07, 6.45) is 6.70. The Bertz CT molecular complexity index is 664. The molecule has 0 spiro atoms. The molecular weight excluding hydrogens is 284 g/mol. The number of hydrogen-bond donors (Lipinski definition) is 1. The monoisotopic (exact) mass is 310 g/mol. The highest BCUT2D eigenvalue weighted by Crippen LogP contribution is 2.31. The molecule has 1 aromatic carbocycles. The number of nitrogens with zero attached hydrogens (tertiary/aromatic N) is 2. The van der Waals surface area contributed by atoms with Crippen LogP contribution in [0.25, 0.3) is 10.9 Å². The second-order valence-corrected chi connectivity index (χ2v) is 6.47. The van der Waals surface area contributed by atoms with Crippen molar-refractivity contribution in [1.29, 1.82) is 0 Å². The normalized spacial score (nSPS) is 21.9. The van der Waals surface area contributed by atoms with Gasteiger partial charge in [0.05, 0.1) is 11.6 Å². The van der Waals surface area contributed by atoms with Crippen LogP contribution in [0.3, 0.4) is 0 Å². The summed E-state index contributed by atoms with van der Waals surface area (Å²) in [5, 5.41) is 12.1. The molecule has 3 atom stereocenters. The van der Waals surface area contributed by atoms with E-state index in [1.807, 2.05) is 24.3 Å². The second-order valence-electron chi connectivity index (χ2n) is 6.47. The number of benzene rings is 1. The molecule has 1 unspecified atom stereocenters. The van der Waals surface area contributed by atoms with Gasteiger partial charge in [-0.2, -0.15) is 0 Å². The molecule has 2 heterocycles. The molecule has 2 aromatic rings. The zero-order valence-electron chi connectivity index (χ0n) is 13.9. The zero-order chi connectivity index (χ0) is 16.2. The van der Waals surface area contributed by atoms with Crippen LogP contribution in [-0.4, -0.2) is 34.1 Å². The van der Waals surface area contributed by atoms with Gasteiger partial charge in [0.25, 0.3) is 0 Å². The van der Waals surface area contributed by atoms with Gasteiger partial charge in [0.1, 0.15) is 0 Å². The average Bonchev–Trinajstić information content (AvgIpc) is 2.62. The van der Waals surface area contributed by atoms with Crippen molar-refractivity contribution < 1.29 is 5.11 Å². The Morgan fingerprint density at radius 3 is 3.00 bits per heavy atom. The maximum absolute atomic E-state index is 11.1. The number of rotatable bonds is 5. The van der Waals surface area contributed by atoms with Gasteiger partial charge in [-0.15, -0.1) is 6.58 Å². The lowest BCUT2D eigenvalue weighted by molar-refractivity contribution is 0.0278. The molecule has 0 aliphatic carbocycles. The Morgan fingerprint density at radius 1 is 1.39 bits per heavy atom. The topological polar surface area (TPSA) is 36.4 Å². The minimum absolute atomic E-state index is 0.142. The lowest BCUT2D eigenvalue weighted by Crippen LogP contribution is -2.45. The molecule has 1 aliphatic rings. The van der Waals surface area contributed by atoms with E-state index in [1.54, 1.807) is 6.20 Å². The van der Waals surface area contributed by atoms with Crippen LogP contribution in [0, 0.1) is 5.92 Å². The number of piperidine rings is 1. The second kappa shape index (κ2) is 7.24. The largest absolute Gasteiger partial charge is 0.387 e. The highest BCUT2D eigenvalue weighted by Gasteiger charge is 2.30. The lowest BCUT2D eigenvalue weighted by Gasteiger charge is -2.39. The molecule has 1 aromatic heterocycles. The van der Waals surface area contributed by atoms with Crippen molar-refractivity contribution in [3.63, 3.8) is 0 Å². The van der Waals surface area contributed by atoms with Crippen molar-refractivity contribution in [3.8, 4) is 0 Å². The fraction of sp³-hybridized carbons (Fsp3) is 0.450. The van der Waals surface area contributed by atoms with Crippen molar-refractivity contribution in [2.45, 2.75) is 38.3 Å². The molecule has 0 saturated carbocycles. The Balaban J connectivity index is 1.89. The predicted octanol–water partition coefficient (Wildman–Crippen LogP) is 3.94. The molecule has 0 bridgehead atoms. The number of aliphatic hydroxyl groups excluding tert-OH is 1. The minimum atomic E-state index is -0.489. The Morgan fingerprint density at radius 2 is 2.22 bits per heavy atom. The molecule has 1 N–H and O–H groups in total. The van der Waals surface area contributed by atoms with Crippen LogP contribution < -0.4 is 0 Å². The highest BCUT2D eigenvalue weighted by atomic mass is 16.3. The van der Waals surface area contributed by atoms with Crippen LogP contribution in [0.1, 0.15) is 37.9 Å². The first-order chi connectivity index (χ1) is 11.2. The van der Waals surface area contributed by atoms with E-state index in [-0.39, 0.29) is 6.04 Å². The van der Waals surface area contributed by atoms with E-state index < -0.39 is 6.10 Å². The van der Waals surface area contributed by atoms with E-state index in [0.29, 0.717) is 5.92 Å². The highest BCUT2D eigenvalue weighted by molar-refractivity contribution is 5.82. The predicted molar refractivity (Wildman–Crippen MR) is 95.3 cm³/mol. The average molecular weight is 310 g/mol. The molecule has 23 heavy (non-hydrogen) atoms. The third-order valence-electron chi connectivity index (χ3n) is 5.08. The minimum Gasteiger partial charge on any atom is -0.387 e. The van der Waals surface area contributed by atoms with E-state index in [4.69, 9.17) is 0 Å². The van der Waals surface area contributed by atoms with Gasteiger partial charge in [0.2, 0.25) is 0 Å². The number of pyridine rings is 1. The fourth-order valence-corrected chi connectivity index (χ4v) is 3.80. The number of fused-ring (bicyclic) bond motifs is 1. The van der Waals surface area contributed by atoms with E-state index in [1.165, 1.54) is 12.8 Å². The Kier molecular flexibility index (Phi) is 5.09. The van der Waals surface area contributed by atoms with Crippen LogP contribution >= 0.6 is 0 Å². The van der Waals surface area contributed by atoms with E-state index in [0.717, 1.165) is 36.0 Å². The van der Waals surface area contributed by atoms with Crippen LogP contribution in [-0.2, 0) is 0 Å². The third-order valence-corrected chi connectivity index (χ3v) is 5.08. The number of para-hydroxylation sites is 1. The van der Waals surface area contributed by atoms with E-state index in [2.05, 4.69) is 35.5 Å². The summed E-state index contributed by atoms with van der Waals surface area (Å²) in [4.78, 5) is 6.85. The van der Waals surface area contributed by atoms with Gasteiger partial charge < -0.3 is 5.11 Å². The van der Waals surface area contributed by atoms with Crippen molar-refractivity contribution >= 4 is 10.9 Å². The molecule has 0 radical (unpaired) electrons. The van der Waals surface area contributed by atoms with Gasteiger partial charge in [0.15, 0.2) is 0 Å². The van der Waals surface area contributed by atoms with Crippen LogP contribution in [0.5, 0.6) is 0 Å². The van der Waals surface area contributed by atoms with Crippen molar-refractivity contribution in [1.82, 2.24) is 9.88 Å². The summed E-state index contributed by atoms with van der Waals surface area (Å²) in [6.45, 7) is 8.17. The van der Waals surface area contributed by atoms with Gasteiger partial charge in [-0.1, -0.05) is 31.2 Å². The Labute approximate surface area is 138 Å². The molecule has 1 fully saturated rings. The molecule has 3 nitrogen and oxygen atoms in total. The van der Waals surface area contributed by atoms with Crippen LogP contribution in [0.4, 0.5) is 0 Å². The summed E-state index contributed by atoms with van der Waals surface area (Å²) >= 11 is 0. The summed E-state index contributed by atoms with van der Waals surface area (Å²) < 4.78 is 0. The van der Waals surface area contributed by atoms with Crippen molar-refractivity contribution in [2.75, 3.05) is 13.1 Å². The number of likely N-dealkylation sites (tertiary alicyclic amines) is 1. The molecular formula is C20H26N2O. The third kappa shape index (κ3) is 3.31. The van der Waals surface area contributed by atoms with E-state index >= 15 is 0 Å². The summed E-state index contributed by atoms with van der Waals surface area (Å²) in [5.41, 5.74) is 1.93. The van der Waals surface area contributed by atoms with E-state index in [9.17, 15) is 5.11 Å². The smallest absolute Gasteiger partial charge is 0.0952 e. The summed E-state index contributed by atoms with van der Waals surface area (Å²) in [7, 11) is 0.